The molecule has 2 aromatic heterocycles. The zero-order valence-electron chi connectivity index (χ0n) is 14.4. The maximum atomic E-state index is 10.8. The predicted octanol–water partition coefficient (Wildman–Crippen LogP) is 4.97. The van der Waals surface area contributed by atoms with Gasteiger partial charge in [0, 0.05) is 36.1 Å². The Morgan fingerprint density at radius 2 is 1.85 bits per heavy atom. The van der Waals surface area contributed by atoms with Crippen molar-refractivity contribution in [1.82, 2.24) is 14.5 Å². The highest BCUT2D eigenvalue weighted by molar-refractivity contribution is 6.30. The maximum Gasteiger partial charge on any atom is 0.208 e. The third-order valence-electron chi connectivity index (χ3n) is 4.06. The lowest BCUT2D eigenvalue weighted by Gasteiger charge is -2.06. The number of hydrogen-bond donors (Lipinski definition) is 1. The molecule has 0 aliphatic heterocycles. The molecule has 2 heterocycles. The largest absolute Gasteiger partial charge is 0.457 e. The first-order valence-electron chi connectivity index (χ1n) is 8.20. The van der Waals surface area contributed by atoms with Crippen LogP contribution < -0.4 is 10.1 Å². The van der Waals surface area contributed by atoms with Crippen molar-refractivity contribution < 1.29 is 9.53 Å². The van der Waals surface area contributed by atoms with Crippen molar-refractivity contribution >= 4 is 40.6 Å². The van der Waals surface area contributed by atoms with E-state index in [4.69, 9.17) is 16.3 Å². The summed E-state index contributed by atoms with van der Waals surface area (Å²) in [5, 5.41) is 3.96. The first kappa shape index (κ1) is 17.1. The highest BCUT2D eigenvalue weighted by Crippen LogP contribution is 2.28. The number of rotatable bonds is 5. The number of ether oxygens (including phenoxy) is 1. The number of carbonyl (C=O) groups excluding carboxylic acids is 1. The third kappa shape index (κ3) is 3.61. The van der Waals surface area contributed by atoms with E-state index in [0.29, 0.717) is 34.5 Å². The van der Waals surface area contributed by atoms with Crippen molar-refractivity contribution in [3.05, 3.63) is 71.5 Å². The molecule has 0 saturated carbocycles. The van der Waals surface area contributed by atoms with E-state index in [1.54, 1.807) is 12.1 Å². The zero-order valence-corrected chi connectivity index (χ0v) is 15.1. The van der Waals surface area contributed by atoms with Crippen LogP contribution in [0.4, 0.5) is 11.6 Å². The van der Waals surface area contributed by atoms with Gasteiger partial charge in [0.25, 0.3) is 0 Å². The number of anilines is 2. The Labute approximate surface area is 160 Å². The minimum atomic E-state index is 0.320. The summed E-state index contributed by atoms with van der Waals surface area (Å²) in [5.41, 5.74) is 2.96. The van der Waals surface area contributed by atoms with Gasteiger partial charge in [-0.15, -0.1) is 0 Å². The monoisotopic (exact) mass is 378 g/mol. The van der Waals surface area contributed by atoms with E-state index in [1.807, 2.05) is 54.1 Å². The van der Waals surface area contributed by atoms with Crippen molar-refractivity contribution in [2.45, 2.75) is 0 Å². The Balaban J connectivity index is 1.62. The standard InChI is InChI=1S/C20H15ClN4O2/c1-25-19-7-6-16(27-17-8-9-22-15(10-17)12-26)11-18(19)24-20(25)23-14-4-2-13(21)3-5-14/h2-12H,1H3,(H,23,24). The van der Waals surface area contributed by atoms with E-state index in [0.717, 1.165) is 16.7 Å². The molecule has 0 amide bonds. The second kappa shape index (κ2) is 7.09. The lowest BCUT2D eigenvalue weighted by atomic mass is 10.3. The van der Waals surface area contributed by atoms with Gasteiger partial charge in [0.2, 0.25) is 5.95 Å². The second-order valence-electron chi connectivity index (χ2n) is 5.91. The van der Waals surface area contributed by atoms with Crippen molar-refractivity contribution in [2.75, 3.05) is 5.32 Å². The molecule has 0 aliphatic rings. The van der Waals surface area contributed by atoms with E-state index in [-0.39, 0.29) is 0 Å². The van der Waals surface area contributed by atoms with Crippen molar-refractivity contribution in [3.63, 3.8) is 0 Å². The number of benzene rings is 2. The fourth-order valence-corrected chi connectivity index (χ4v) is 2.84. The number of pyridine rings is 1. The summed E-state index contributed by atoms with van der Waals surface area (Å²) in [6.45, 7) is 0. The first-order valence-corrected chi connectivity index (χ1v) is 8.58. The molecule has 0 spiro atoms. The minimum absolute atomic E-state index is 0.320. The summed E-state index contributed by atoms with van der Waals surface area (Å²) >= 11 is 5.93. The number of imidazole rings is 1. The Kier molecular flexibility index (Phi) is 4.48. The van der Waals surface area contributed by atoms with Gasteiger partial charge in [0.1, 0.15) is 17.2 Å². The summed E-state index contributed by atoms with van der Waals surface area (Å²) in [5.74, 6) is 1.88. The number of aryl methyl sites for hydroxylation is 1. The molecule has 1 N–H and O–H groups in total. The van der Waals surface area contributed by atoms with Crippen LogP contribution in [-0.4, -0.2) is 20.8 Å². The van der Waals surface area contributed by atoms with Crippen LogP contribution in [0.5, 0.6) is 11.5 Å². The molecule has 0 radical (unpaired) electrons. The molecule has 4 rings (SSSR count). The lowest BCUT2D eigenvalue weighted by molar-refractivity contribution is 0.111. The predicted molar refractivity (Wildman–Crippen MR) is 105 cm³/mol. The average Bonchev–Trinajstić information content (AvgIpc) is 2.99. The van der Waals surface area contributed by atoms with E-state index < -0.39 is 0 Å². The molecule has 134 valence electrons. The van der Waals surface area contributed by atoms with Gasteiger partial charge in [-0.1, -0.05) is 11.6 Å². The summed E-state index contributed by atoms with van der Waals surface area (Å²) < 4.78 is 7.79. The van der Waals surface area contributed by atoms with Gasteiger partial charge in [-0.05, 0) is 42.5 Å². The number of carbonyl (C=O) groups is 1. The van der Waals surface area contributed by atoms with Crippen molar-refractivity contribution in [2.24, 2.45) is 7.05 Å². The van der Waals surface area contributed by atoms with Gasteiger partial charge < -0.3 is 14.6 Å². The first-order chi connectivity index (χ1) is 13.1. The van der Waals surface area contributed by atoms with E-state index in [2.05, 4.69) is 15.3 Å². The quantitative estimate of drug-likeness (QED) is 0.496. The van der Waals surface area contributed by atoms with E-state index in [1.165, 1.54) is 6.20 Å². The van der Waals surface area contributed by atoms with Crippen LogP contribution >= 0.6 is 11.6 Å². The van der Waals surface area contributed by atoms with Crippen LogP contribution in [0, 0.1) is 0 Å². The highest BCUT2D eigenvalue weighted by atomic mass is 35.5. The van der Waals surface area contributed by atoms with E-state index in [9.17, 15) is 4.79 Å². The Bertz CT molecular complexity index is 1120. The number of aldehydes is 1. The number of nitrogens with zero attached hydrogens (tertiary/aromatic N) is 3. The van der Waals surface area contributed by atoms with Gasteiger partial charge in [-0.3, -0.25) is 9.78 Å². The second-order valence-corrected chi connectivity index (χ2v) is 6.35. The fraction of sp³-hybridized carbons (Fsp3) is 0.0500. The summed E-state index contributed by atoms with van der Waals surface area (Å²) in [6.07, 6.45) is 2.22. The molecule has 6 nitrogen and oxygen atoms in total. The van der Waals surface area contributed by atoms with Crippen LogP contribution in [0.3, 0.4) is 0 Å². The fourth-order valence-electron chi connectivity index (χ4n) is 2.71. The molecule has 0 fully saturated rings. The summed E-state index contributed by atoms with van der Waals surface area (Å²) in [7, 11) is 1.94. The number of halogens is 1. The van der Waals surface area contributed by atoms with Crippen LogP contribution in [-0.2, 0) is 7.05 Å². The Hall–Kier alpha value is -3.38. The molecular weight excluding hydrogens is 364 g/mol. The van der Waals surface area contributed by atoms with Crippen LogP contribution in [0.15, 0.2) is 60.8 Å². The molecule has 7 heteroatoms. The molecule has 2 aromatic carbocycles. The van der Waals surface area contributed by atoms with Gasteiger partial charge in [-0.25, -0.2) is 4.98 Å². The Morgan fingerprint density at radius 1 is 1.07 bits per heavy atom. The van der Waals surface area contributed by atoms with Gasteiger partial charge >= 0.3 is 0 Å². The molecule has 4 aromatic rings. The third-order valence-corrected chi connectivity index (χ3v) is 4.31. The SMILES string of the molecule is Cn1c(Nc2ccc(Cl)cc2)nc2cc(Oc3ccnc(C=O)c3)ccc21. The highest BCUT2D eigenvalue weighted by Gasteiger charge is 2.10. The lowest BCUT2D eigenvalue weighted by Crippen LogP contribution is -1.98. The molecule has 0 atom stereocenters. The smallest absolute Gasteiger partial charge is 0.208 e. The van der Waals surface area contributed by atoms with Crippen LogP contribution in [0.2, 0.25) is 5.02 Å². The number of fused-ring (bicyclic) bond motifs is 1. The molecule has 0 unspecified atom stereocenters. The summed E-state index contributed by atoms with van der Waals surface area (Å²) in [6, 6.07) is 16.4. The number of nitrogens with one attached hydrogen (secondary N) is 1. The zero-order chi connectivity index (χ0) is 18.8. The van der Waals surface area contributed by atoms with Gasteiger partial charge in [0.15, 0.2) is 6.29 Å². The molecule has 27 heavy (non-hydrogen) atoms. The van der Waals surface area contributed by atoms with Crippen LogP contribution in [0.1, 0.15) is 10.5 Å². The Morgan fingerprint density at radius 3 is 2.63 bits per heavy atom. The minimum Gasteiger partial charge on any atom is -0.457 e. The molecular formula is C20H15ClN4O2. The van der Waals surface area contributed by atoms with Crippen LogP contribution in [0.25, 0.3) is 11.0 Å². The number of hydrogen-bond acceptors (Lipinski definition) is 5. The van der Waals surface area contributed by atoms with Crippen molar-refractivity contribution in [1.29, 1.82) is 0 Å². The number of aromatic nitrogens is 3. The summed E-state index contributed by atoms with van der Waals surface area (Å²) in [4.78, 5) is 19.4. The molecule has 0 aliphatic carbocycles. The van der Waals surface area contributed by atoms with E-state index >= 15 is 0 Å². The average molecular weight is 379 g/mol. The maximum absolute atomic E-state index is 10.8. The topological polar surface area (TPSA) is 69.0 Å². The van der Waals surface area contributed by atoms with Crippen molar-refractivity contribution in [3.8, 4) is 11.5 Å². The molecule has 0 saturated heterocycles. The van der Waals surface area contributed by atoms with Gasteiger partial charge in [0.05, 0.1) is 11.0 Å². The molecule has 0 bridgehead atoms. The normalized spacial score (nSPS) is 10.7. The van der Waals surface area contributed by atoms with Gasteiger partial charge in [-0.2, -0.15) is 0 Å².